The van der Waals surface area contributed by atoms with Crippen LogP contribution in [0.4, 0.5) is 0 Å². The van der Waals surface area contributed by atoms with Crippen LogP contribution >= 0.6 is 0 Å². The van der Waals surface area contributed by atoms with Gasteiger partial charge in [0.05, 0.1) is 24.7 Å². The standard InChI is InChI=1S/C11H17N3O2/c1-14-8-12-6-9(14)10(16)13-11(7-15)4-2-3-5-11/h6,8,15H,2-5,7H2,1H3,(H,13,16). The Morgan fingerprint density at radius 3 is 2.81 bits per heavy atom. The summed E-state index contributed by atoms with van der Waals surface area (Å²) in [5.41, 5.74) is 0.112. The molecule has 0 aliphatic heterocycles. The molecule has 1 aromatic heterocycles. The first-order chi connectivity index (χ1) is 7.67. The molecular formula is C11H17N3O2. The second-order valence-corrected chi connectivity index (χ2v) is 4.49. The highest BCUT2D eigenvalue weighted by atomic mass is 16.3. The Bertz CT molecular complexity index is 380. The summed E-state index contributed by atoms with van der Waals surface area (Å²) in [5.74, 6) is -0.157. The molecule has 0 spiro atoms. The zero-order valence-electron chi connectivity index (χ0n) is 9.44. The summed E-state index contributed by atoms with van der Waals surface area (Å²) in [6.45, 7) is 0.0105. The van der Waals surface area contributed by atoms with E-state index in [4.69, 9.17) is 0 Å². The van der Waals surface area contributed by atoms with Crippen LogP contribution in [0.3, 0.4) is 0 Å². The molecule has 5 nitrogen and oxygen atoms in total. The third-order valence-corrected chi connectivity index (χ3v) is 3.29. The maximum absolute atomic E-state index is 12.0. The van der Waals surface area contributed by atoms with Gasteiger partial charge in [-0.05, 0) is 12.8 Å². The van der Waals surface area contributed by atoms with Gasteiger partial charge in [0.2, 0.25) is 0 Å². The number of carbonyl (C=O) groups excluding carboxylic acids is 1. The predicted molar refractivity (Wildman–Crippen MR) is 59.0 cm³/mol. The summed E-state index contributed by atoms with van der Waals surface area (Å²) in [6.07, 6.45) is 6.96. The molecule has 0 unspecified atom stereocenters. The van der Waals surface area contributed by atoms with E-state index in [1.165, 1.54) is 6.20 Å². The van der Waals surface area contributed by atoms with E-state index in [2.05, 4.69) is 10.3 Å². The zero-order chi connectivity index (χ0) is 11.6. The minimum atomic E-state index is -0.415. The van der Waals surface area contributed by atoms with Crippen LogP contribution < -0.4 is 5.32 Å². The van der Waals surface area contributed by atoms with Crippen molar-refractivity contribution < 1.29 is 9.90 Å². The fourth-order valence-electron chi connectivity index (χ4n) is 2.26. The molecule has 5 heteroatoms. The first kappa shape index (κ1) is 11.1. The quantitative estimate of drug-likeness (QED) is 0.782. The lowest BCUT2D eigenvalue weighted by Crippen LogP contribution is -2.49. The highest BCUT2D eigenvalue weighted by molar-refractivity contribution is 5.92. The van der Waals surface area contributed by atoms with E-state index in [0.29, 0.717) is 5.69 Å². The summed E-state index contributed by atoms with van der Waals surface area (Å²) >= 11 is 0. The summed E-state index contributed by atoms with van der Waals surface area (Å²) in [6, 6.07) is 0. The van der Waals surface area contributed by atoms with Gasteiger partial charge in [-0.2, -0.15) is 0 Å². The average Bonchev–Trinajstić information content (AvgIpc) is 2.87. The van der Waals surface area contributed by atoms with E-state index in [-0.39, 0.29) is 12.5 Å². The lowest BCUT2D eigenvalue weighted by Gasteiger charge is -2.27. The van der Waals surface area contributed by atoms with E-state index < -0.39 is 5.54 Å². The number of aliphatic hydroxyl groups is 1. The molecular weight excluding hydrogens is 206 g/mol. The van der Waals surface area contributed by atoms with Crippen molar-refractivity contribution in [1.29, 1.82) is 0 Å². The number of hydrogen-bond donors (Lipinski definition) is 2. The van der Waals surface area contributed by atoms with Gasteiger partial charge < -0.3 is 15.0 Å². The third-order valence-electron chi connectivity index (χ3n) is 3.29. The number of nitrogens with one attached hydrogen (secondary N) is 1. The molecule has 1 aliphatic rings. The maximum atomic E-state index is 12.0. The number of carbonyl (C=O) groups is 1. The molecule has 0 aromatic carbocycles. The molecule has 16 heavy (non-hydrogen) atoms. The van der Waals surface area contributed by atoms with Crippen molar-refractivity contribution in [2.24, 2.45) is 7.05 Å². The van der Waals surface area contributed by atoms with Crippen LogP contribution in [0.1, 0.15) is 36.2 Å². The van der Waals surface area contributed by atoms with E-state index in [1.54, 1.807) is 17.9 Å². The van der Waals surface area contributed by atoms with Crippen LogP contribution in [0.25, 0.3) is 0 Å². The molecule has 2 rings (SSSR count). The first-order valence-electron chi connectivity index (χ1n) is 5.57. The van der Waals surface area contributed by atoms with E-state index in [9.17, 15) is 9.90 Å². The molecule has 1 aliphatic carbocycles. The largest absolute Gasteiger partial charge is 0.394 e. The van der Waals surface area contributed by atoms with Crippen LogP contribution in [-0.4, -0.2) is 32.7 Å². The molecule has 1 saturated carbocycles. The van der Waals surface area contributed by atoms with Gasteiger partial charge in [0.15, 0.2) is 0 Å². The van der Waals surface area contributed by atoms with Gasteiger partial charge in [0, 0.05) is 7.05 Å². The molecule has 1 fully saturated rings. The van der Waals surface area contributed by atoms with Crippen LogP contribution in [0.5, 0.6) is 0 Å². The van der Waals surface area contributed by atoms with Gasteiger partial charge >= 0.3 is 0 Å². The molecule has 0 atom stereocenters. The van der Waals surface area contributed by atoms with Crippen molar-refractivity contribution in [3.63, 3.8) is 0 Å². The summed E-state index contributed by atoms with van der Waals surface area (Å²) in [4.78, 5) is 15.9. The van der Waals surface area contributed by atoms with E-state index in [0.717, 1.165) is 25.7 Å². The highest BCUT2D eigenvalue weighted by Gasteiger charge is 2.35. The number of rotatable bonds is 3. The molecule has 0 bridgehead atoms. The van der Waals surface area contributed by atoms with E-state index >= 15 is 0 Å². The van der Waals surface area contributed by atoms with Crippen molar-refractivity contribution in [2.45, 2.75) is 31.2 Å². The molecule has 1 aromatic rings. The number of nitrogens with zero attached hydrogens (tertiary/aromatic N) is 2. The summed E-state index contributed by atoms with van der Waals surface area (Å²) in [7, 11) is 1.78. The number of aromatic nitrogens is 2. The van der Waals surface area contributed by atoms with Crippen molar-refractivity contribution in [3.8, 4) is 0 Å². The molecule has 2 N–H and O–H groups in total. The third kappa shape index (κ3) is 1.95. The fraction of sp³-hybridized carbons (Fsp3) is 0.636. The number of amides is 1. The lowest BCUT2D eigenvalue weighted by atomic mass is 9.99. The SMILES string of the molecule is Cn1cncc1C(=O)NC1(CO)CCCC1. The number of aryl methyl sites for hydroxylation is 1. The zero-order valence-corrected chi connectivity index (χ0v) is 9.44. The Balaban J connectivity index is 2.09. The van der Waals surface area contributed by atoms with Gasteiger partial charge in [-0.3, -0.25) is 4.79 Å². The first-order valence-corrected chi connectivity index (χ1v) is 5.57. The van der Waals surface area contributed by atoms with Crippen molar-refractivity contribution in [1.82, 2.24) is 14.9 Å². The average molecular weight is 223 g/mol. The summed E-state index contributed by atoms with van der Waals surface area (Å²) in [5, 5.41) is 12.3. The Morgan fingerprint density at radius 2 is 2.31 bits per heavy atom. The second-order valence-electron chi connectivity index (χ2n) is 4.49. The Hall–Kier alpha value is -1.36. The monoisotopic (exact) mass is 223 g/mol. The molecule has 1 heterocycles. The normalized spacial score (nSPS) is 18.6. The minimum absolute atomic E-state index is 0.0105. The van der Waals surface area contributed by atoms with Crippen LogP contribution in [0, 0.1) is 0 Å². The number of aliphatic hydroxyl groups excluding tert-OH is 1. The minimum Gasteiger partial charge on any atom is -0.394 e. The van der Waals surface area contributed by atoms with Gasteiger partial charge in [-0.15, -0.1) is 0 Å². The van der Waals surface area contributed by atoms with Crippen LogP contribution in [0.2, 0.25) is 0 Å². The predicted octanol–water partition coefficient (Wildman–Crippen LogP) is 0.455. The van der Waals surface area contributed by atoms with Crippen molar-refractivity contribution >= 4 is 5.91 Å². The number of imidazole rings is 1. The van der Waals surface area contributed by atoms with Crippen molar-refractivity contribution in [2.75, 3.05) is 6.61 Å². The summed E-state index contributed by atoms with van der Waals surface area (Å²) < 4.78 is 1.68. The van der Waals surface area contributed by atoms with Gasteiger partial charge in [0.25, 0.3) is 5.91 Å². The van der Waals surface area contributed by atoms with Gasteiger partial charge in [-0.25, -0.2) is 4.98 Å². The van der Waals surface area contributed by atoms with Gasteiger partial charge in [0.1, 0.15) is 5.69 Å². The Labute approximate surface area is 94.5 Å². The van der Waals surface area contributed by atoms with E-state index in [1.807, 2.05) is 0 Å². The van der Waals surface area contributed by atoms with Crippen LogP contribution in [0.15, 0.2) is 12.5 Å². The Morgan fingerprint density at radius 1 is 1.62 bits per heavy atom. The molecule has 88 valence electrons. The van der Waals surface area contributed by atoms with Crippen molar-refractivity contribution in [3.05, 3.63) is 18.2 Å². The topological polar surface area (TPSA) is 67.2 Å². The van der Waals surface area contributed by atoms with Crippen LogP contribution in [-0.2, 0) is 7.05 Å². The highest BCUT2D eigenvalue weighted by Crippen LogP contribution is 2.29. The van der Waals surface area contributed by atoms with Gasteiger partial charge in [-0.1, -0.05) is 12.8 Å². The lowest BCUT2D eigenvalue weighted by molar-refractivity contribution is 0.0830. The number of hydrogen-bond acceptors (Lipinski definition) is 3. The Kier molecular flexibility index (Phi) is 2.96. The smallest absolute Gasteiger partial charge is 0.270 e. The second kappa shape index (κ2) is 4.25. The molecule has 0 saturated heterocycles. The molecule has 1 amide bonds. The molecule has 0 radical (unpaired) electrons. The fourth-order valence-corrected chi connectivity index (χ4v) is 2.26. The maximum Gasteiger partial charge on any atom is 0.270 e.